The number of benzene rings is 1. The highest BCUT2D eigenvalue weighted by atomic mass is 32.2. The highest BCUT2D eigenvalue weighted by Crippen LogP contribution is 2.38. The molecular formula is C32H46FN5O3S. The zero-order valence-electron chi connectivity index (χ0n) is 25.3. The number of likely N-dealkylation sites (tertiary alicyclic amines) is 2. The standard InChI is InChI=1S/C32H46FN5O3S/c1-23-30(11-10-24-6-4-7-25(20-24)26-8-5-9-27(33)21-26)34-22-35-31(23)32(39)38-18-14-29(15-19-38)37-16-12-28(13-17-37)36(2)42(3,40)41/h5,8-9,21-22,24-25,28-29H,4,6-7,10-20H2,1-3H3. The summed E-state index contributed by atoms with van der Waals surface area (Å²) < 4.78 is 39.1. The predicted octanol–water partition coefficient (Wildman–Crippen LogP) is 4.79. The van der Waals surface area contributed by atoms with E-state index in [0.29, 0.717) is 36.7 Å². The van der Waals surface area contributed by atoms with Crippen molar-refractivity contribution in [2.45, 2.75) is 89.1 Å². The van der Waals surface area contributed by atoms with Crippen molar-refractivity contribution in [3.8, 4) is 0 Å². The van der Waals surface area contributed by atoms with E-state index in [1.807, 2.05) is 24.0 Å². The maximum absolute atomic E-state index is 13.8. The van der Waals surface area contributed by atoms with Crippen LogP contribution in [0, 0.1) is 18.7 Å². The lowest BCUT2D eigenvalue weighted by atomic mass is 9.76. The van der Waals surface area contributed by atoms with Crippen LogP contribution in [0.2, 0.25) is 0 Å². The van der Waals surface area contributed by atoms with Crippen molar-refractivity contribution in [1.82, 2.24) is 24.1 Å². The van der Waals surface area contributed by atoms with Gasteiger partial charge in [0.2, 0.25) is 10.0 Å². The minimum absolute atomic E-state index is 0.00748. The molecule has 0 spiro atoms. The first kappa shape index (κ1) is 31.0. The van der Waals surface area contributed by atoms with E-state index < -0.39 is 10.0 Å². The second-order valence-electron chi connectivity index (χ2n) is 12.7. The molecule has 0 bridgehead atoms. The van der Waals surface area contributed by atoms with Crippen molar-refractivity contribution in [1.29, 1.82) is 0 Å². The third-order valence-corrected chi connectivity index (χ3v) is 11.4. The lowest BCUT2D eigenvalue weighted by Crippen LogP contribution is -2.52. The van der Waals surface area contributed by atoms with Crippen molar-refractivity contribution >= 4 is 15.9 Å². The molecule has 0 N–H and O–H groups in total. The number of amides is 1. The van der Waals surface area contributed by atoms with Crippen LogP contribution in [0.3, 0.4) is 0 Å². The average Bonchev–Trinajstić information content (AvgIpc) is 3.00. The Labute approximate surface area is 250 Å². The third kappa shape index (κ3) is 7.37. The van der Waals surface area contributed by atoms with Gasteiger partial charge in [-0.25, -0.2) is 27.1 Å². The van der Waals surface area contributed by atoms with E-state index in [-0.39, 0.29) is 17.8 Å². The fraction of sp³-hybridized carbons (Fsp3) is 0.656. The van der Waals surface area contributed by atoms with Crippen LogP contribution in [0.15, 0.2) is 30.6 Å². The van der Waals surface area contributed by atoms with Crippen LogP contribution < -0.4 is 0 Å². The SMILES string of the molecule is Cc1c(CCC2CCCC(c3cccc(F)c3)C2)ncnc1C(=O)N1CCC(N2CCC(N(C)S(C)(=O)=O)CC2)CC1. The number of aryl methyl sites for hydroxylation is 1. The molecule has 230 valence electrons. The molecule has 1 aromatic carbocycles. The van der Waals surface area contributed by atoms with Crippen molar-refractivity contribution in [3.05, 3.63) is 58.9 Å². The number of hydrogen-bond donors (Lipinski definition) is 0. The van der Waals surface area contributed by atoms with E-state index in [1.54, 1.807) is 13.1 Å². The number of rotatable bonds is 8. The summed E-state index contributed by atoms with van der Waals surface area (Å²) in [4.78, 5) is 26.9. The van der Waals surface area contributed by atoms with E-state index >= 15 is 0 Å². The quantitative estimate of drug-likeness (QED) is 0.434. The molecular weight excluding hydrogens is 553 g/mol. The first-order chi connectivity index (χ1) is 20.1. The molecule has 3 heterocycles. The number of carbonyl (C=O) groups excluding carboxylic acids is 1. The van der Waals surface area contributed by atoms with Crippen molar-refractivity contribution in [3.63, 3.8) is 0 Å². The molecule has 1 saturated carbocycles. The lowest BCUT2D eigenvalue weighted by Gasteiger charge is -2.43. The zero-order valence-corrected chi connectivity index (χ0v) is 26.2. The fourth-order valence-corrected chi connectivity index (χ4v) is 8.13. The van der Waals surface area contributed by atoms with Crippen molar-refractivity contribution in [2.75, 3.05) is 39.5 Å². The predicted molar refractivity (Wildman–Crippen MR) is 162 cm³/mol. The average molecular weight is 600 g/mol. The van der Waals surface area contributed by atoms with Gasteiger partial charge in [-0.1, -0.05) is 25.0 Å². The molecule has 1 aromatic heterocycles. The molecule has 3 fully saturated rings. The van der Waals surface area contributed by atoms with Crippen LogP contribution in [0.5, 0.6) is 0 Å². The highest BCUT2D eigenvalue weighted by molar-refractivity contribution is 7.88. The maximum Gasteiger partial charge on any atom is 0.272 e. The van der Waals surface area contributed by atoms with E-state index in [4.69, 9.17) is 0 Å². The van der Waals surface area contributed by atoms with Gasteiger partial charge in [-0.2, -0.15) is 0 Å². The summed E-state index contributed by atoms with van der Waals surface area (Å²) in [6, 6.07) is 7.55. The molecule has 2 unspecified atom stereocenters. The first-order valence-electron chi connectivity index (χ1n) is 15.6. The number of hydrogen-bond acceptors (Lipinski definition) is 6. The van der Waals surface area contributed by atoms with Crippen LogP contribution in [-0.4, -0.2) is 90.0 Å². The summed E-state index contributed by atoms with van der Waals surface area (Å²) >= 11 is 0. The first-order valence-corrected chi connectivity index (χ1v) is 17.5. The Morgan fingerprint density at radius 2 is 1.79 bits per heavy atom. The van der Waals surface area contributed by atoms with Gasteiger partial charge in [-0.15, -0.1) is 0 Å². The fourth-order valence-electron chi connectivity index (χ4n) is 7.38. The van der Waals surface area contributed by atoms with Crippen LogP contribution in [0.25, 0.3) is 0 Å². The third-order valence-electron chi connectivity index (χ3n) is 10.1. The summed E-state index contributed by atoms with van der Waals surface area (Å²) in [5, 5.41) is 0. The van der Waals surface area contributed by atoms with Gasteiger partial charge in [0.05, 0.1) is 6.26 Å². The number of piperidine rings is 2. The van der Waals surface area contributed by atoms with E-state index in [1.165, 1.54) is 29.4 Å². The second kappa shape index (κ2) is 13.5. The number of nitrogens with zero attached hydrogens (tertiary/aromatic N) is 5. The number of halogens is 1. The van der Waals surface area contributed by atoms with E-state index in [2.05, 4.69) is 14.9 Å². The molecule has 8 nitrogen and oxygen atoms in total. The van der Waals surface area contributed by atoms with Crippen LogP contribution in [0.1, 0.15) is 91.0 Å². The minimum Gasteiger partial charge on any atom is -0.337 e. The molecule has 10 heteroatoms. The van der Waals surface area contributed by atoms with Crippen LogP contribution in [-0.2, 0) is 16.4 Å². The molecule has 2 aromatic rings. The summed E-state index contributed by atoms with van der Waals surface area (Å²) in [6.45, 7) is 5.16. The number of carbonyl (C=O) groups is 1. The summed E-state index contributed by atoms with van der Waals surface area (Å²) in [6.07, 6.45) is 12.7. The van der Waals surface area contributed by atoms with Gasteiger partial charge in [0.15, 0.2) is 0 Å². The van der Waals surface area contributed by atoms with Gasteiger partial charge < -0.3 is 9.80 Å². The Kier molecular flexibility index (Phi) is 9.95. The Bertz CT molecular complexity index is 1340. The molecule has 0 radical (unpaired) electrons. The van der Waals surface area contributed by atoms with E-state index in [9.17, 15) is 17.6 Å². The normalized spacial score (nSPS) is 23.4. The lowest BCUT2D eigenvalue weighted by molar-refractivity contribution is 0.0542. The number of aromatic nitrogens is 2. The van der Waals surface area contributed by atoms with Gasteiger partial charge in [0.1, 0.15) is 17.8 Å². The molecule has 5 rings (SSSR count). The molecule has 1 aliphatic carbocycles. The monoisotopic (exact) mass is 599 g/mol. The smallest absolute Gasteiger partial charge is 0.272 e. The Balaban J connectivity index is 1.12. The zero-order chi connectivity index (χ0) is 29.9. The molecule has 2 saturated heterocycles. The summed E-state index contributed by atoms with van der Waals surface area (Å²) in [5.74, 6) is 0.807. The maximum atomic E-state index is 13.8. The summed E-state index contributed by atoms with van der Waals surface area (Å²) in [5.41, 5.74) is 3.47. The molecule has 42 heavy (non-hydrogen) atoms. The van der Waals surface area contributed by atoms with Gasteiger partial charge in [-0.3, -0.25) is 4.79 Å². The molecule has 1 amide bonds. The molecule has 2 atom stereocenters. The Morgan fingerprint density at radius 1 is 1.05 bits per heavy atom. The molecule has 3 aliphatic rings. The van der Waals surface area contributed by atoms with Gasteiger partial charge in [0.25, 0.3) is 5.91 Å². The van der Waals surface area contributed by atoms with Gasteiger partial charge in [0, 0.05) is 43.5 Å². The topological polar surface area (TPSA) is 86.7 Å². The molecule has 2 aliphatic heterocycles. The van der Waals surface area contributed by atoms with Gasteiger partial charge in [-0.05, 0) is 101 Å². The van der Waals surface area contributed by atoms with Gasteiger partial charge >= 0.3 is 0 Å². The van der Waals surface area contributed by atoms with Crippen LogP contribution in [0.4, 0.5) is 4.39 Å². The minimum atomic E-state index is -3.17. The van der Waals surface area contributed by atoms with Crippen molar-refractivity contribution in [2.24, 2.45) is 5.92 Å². The number of sulfonamides is 1. The van der Waals surface area contributed by atoms with E-state index in [0.717, 1.165) is 87.7 Å². The highest BCUT2D eigenvalue weighted by Gasteiger charge is 2.33. The Hall–Kier alpha value is -2.43. The van der Waals surface area contributed by atoms with Crippen LogP contribution >= 0.6 is 0 Å². The summed E-state index contributed by atoms with van der Waals surface area (Å²) in [7, 11) is -1.49. The second-order valence-corrected chi connectivity index (χ2v) is 14.7. The van der Waals surface area contributed by atoms with Crippen molar-refractivity contribution < 1.29 is 17.6 Å². The Morgan fingerprint density at radius 3 is 2.48 bits per heavy atom. The largest absolute Gasteiger partial charge is 0.337 e.